The third-order valence-corrected chi connectivity index (χ3v) is 4.90. The first-order chi connectivity index (χ1) is 12.8. The minimum absolute atomic E-state index is 0.137. The number of amides is 2. The van der Waals surface area contributed by atoms with Crippen LogP contribution < -0.4 is 10.6 Å². The summed E-state index contributed by atoms with van der Waals surface area (Å²) in [6.45, 7) is 1.83. The number of benzene rings is 1. The molecule has 8 nitrogen and oxygen atoms in total. The van der Waals surface area contributed by atoms with Crippen LogP contribution in [0.3, 0.4) is 0 Å². The van der Waals surface area contributed by atoms with Gasteiger partial charge in [0.25, 0.3) is 11.8 Å². The van der Waals surface area contributed by atoms with Crippen LogP contribution in [0.1, 0.15) is 26.5 Å². The van der Waals surface area contributed by atoms with Gasteiger partial charge < -0.3 is 10.6 Å². The van der Waals surface area contributed by atoms with E-state index in [-0.39, 0.29) is 27.0 Å². The Bertz CT molecular complexity index is 1040. The molecule has 2 heterocycles. The van der Waals surface area contributed by atoms with Crippen molar-refractivity contribution in [3.8, 4) is 0 Å². The lowest BCUT2D eigenvalue weighted by Gasteiger charge is -2.10. The largest absolute Gasteiger partial charge is 0.319 e. The highest BCUT2D eigenvalue weighted by Crippen LogP contribution is 2.27. The smallest absolute Gasteiger partial charge is 0.276 e. The molecule has 2 aromatic heterocycles. The lowest BCUT2D eigenvalue weighted by atomic mass is 10.2. The van der Waals surface area contributed by atoms with Gasteiger partial charge in [0, 0.05) is 14.1 Å². The quantitative estimate of drug-likeness (QED) is 0.694. The first-order valence-electron chi connectivity index (χ1n) is 7.87. The van der Waals surface area contributed by atoms with Gasteiger partial charge in [-0.15, -0.1) is 0 Å². The fraction of sp³-hybridized carbons (Fsp3) is 0.176. The highest BCUT2D eigenvalue weighted by atomic mass is 35.5. The van der Waals surface area contributed by atoms with E-state index < -0.39 is 11.8 Å². The van der Waals surface area contributed by atoms with Crippen molar-refractivity contribution in [1.29, 1.82) is 0 Å². The summed E-state index contributed by atoms with van der Waals surface area (Å²) in [6, 6.07) is 4.74. The number of hydrogen-bond acceptors (Lipinski definition) is 4. The SMILES string of the molecule is Cc1c(NC(=O)c2c(NC(=O)c3cccc(Cl)c3Cl)cnn2C)cnn1C. The Labute approximate surface area is 165 Å². The van der Waals surface area contributed by atoms with Crippen molar-refractivity contribution in [1.82, 2.24) is 19.6 Å². The monoisotopic (exact) mass is 406 g/mol. The summed E-state index contributed by atoms with van der Waals surface area (Å²) in [6.07, 6.45) is 2.94. The second-order valence-corrected chi connectivity index (χ2v) is 6.59. The van der Waals surface area contributed by atoms with Crippen molar-refractivity contribution in [3.05, 3.63) is 57.6 Å². The number of nitrogens with zero attached hydrogens (tertiary/aromatic N) is 4. The Balaban J connectivity index is 1.86. The molecule has 27 heavy (non-hydrogen) atoms. The third-order valence-electron chi connectivity index (χ3n) is 4.08. The molecule has 2 amide bonds. The minimum Gasteiger partial charge on any atom is -0.319 e. The summed E-state index contributed by atoms with van der Waals surface area (Å²) in [7, 11) is 3.38. The van der Waals surface area contributed by atoms with Gasteiger partial charge in [-0.25, -0.2) is 0 Å². The van der Waals surface area contributed by atoms with E-state index in [1.54, 1.807) is 43.2 Å². The predicted molar refractivity (Wildman–Crippen MR) is 104 cm³/mol. The Morgan fingerprint density at radius 1 is 0.963 bits per heavy atom. The summed E-state index contributed by atoms with van der Waals surface area (Å²) < 4.78 is 3.01. The zero-order valence-corrected chi connectivity index (χ0v) is 16.3. The second kappa shape index (κ2) is 7.42. The highest BCUT2D eigenvalue weighted by Gasteiger charge is 2.21. The van der Waals surface area contributed by atoms with E-state index in [9.17, 15) is 9.59 Å². The molecule has 0 aliphatic carbocycles. The molecule has 0 spiro atoms. The molecule has 0 aliphatic rings. The normalized spacial score (nSPS) is 10.7. The number of carbonyl (C=O) groups is 2. The maximum Gasteiger partial charge on any atom is 0.276 e. The summed E-state index contributed by atoms with van der Waals surface area (Å²) >= 11 is 12.0. The molecule has 0 bridgehead atoms. The molecule has 0 fully saturated rings. The molecule has 0 saturated carbocycles. The second-order valence-electron chi connectivity index (χ2n) is 5.81. The zero-order valence-electron chi connectivity index (χ0n) is 14.7. The lowest BCUT2D eigenvalue weighted by Crippen LogP contribution is -2.20. The van der Waals surface area contributed by atoms with Crippen LogP contribution in [0.5, 0.6) is 0 Å². The van der Waals surface area contributed by atoms with E-state index in [2.05, 4.69) is 20.8 Å². The number of carbonyl (C=O) groups excluding carboxylic acids is 2. The fourth-order valence-electron chi connectivity index (χ4n) is 2.47. The molecule has 3 rings (SSSR count). The summed E-state index contributed by atoms with van der Waals surface area (Å²) in [5.74, 6) is -0.930. The number of nitrogens with one attached hydrogen (secondary N) is 2. The number of aromatic nitrogens is 4. The maximum atomic E-state index is 12.7. The molecule has 0 saturated heterocycles. The van der Waals surface area contributed by atoms with Crippen LogP contribution in [-0.2, 0) is 14.1 Å². The Kier molecular flexibility index (Phi) is 5.20. The van der Waals surface area contributed by atoms with Gasteiger partial charge >= 0.3 is 0 Å². The van der Waals surface area contributed by atoms with Crippen molar-refractivity contribution in [3.63, 3.8) is 0 Å². The van der Waals surface area contributed by atoms with E-state index in [0.717, 1.165) is 5.69 Å². The van der Waals surface area contributed by atoms with Crippen LogP contribution in [0.4, 0.5) is 11.4 Å². The molecular formula is C17H16Cl2N6O2. The Hall–Kier alpha value is -2.84. The standard InChI is InChI=1S/C17H16Cl2N6O2/c1-9-12(7-20-24(9)2)22-17(27)15-13(8-21-25(15)3)23-16(26)10-5-4-6-11(18)14(10)19/h4-8H,1-3H3,(H,22,27)(H,23,26). The average molecular weight is 407 g/mol. The van der Waals surface area contributed by atoms with Gasteiger partial charge in [0.15, 0.2) is 0 Å². The van der Waals surface area contributed by atoms with Crippen LogP contribution in [0.15, 0.2) is 30.6 Å². The molecule has 0 radical (unpaired) electrons. The third kappa shape index (κ3) is 3.67. The molecule has 0 atom stereocenters. The van der Waals surface area contributed by atoms with Crippen molar-refractivity contribution >= 4 is 46.4 Å². The average Bonchev–Trinajstić information content (AvgIpc) is 3.14. The van der Waals surface area contributed by atoms with Gasteiger partial charge in [-0.05, 0) is 19.1 Å². The number of hydrogen-bond donors (Lipinski definition) is 2. The molecule has 10 heteroatoms. The summed E-state index contributed by atoms with van der Waals surface area (Å²) in [5, 5.41) is 14.0. The summed E-state index contributed by atoms with van der Waals surface area (Å²) in [5.41, 5.74) is 1.99. The van der Waals surface area contributed by atoms with Gasteiger partial charge in [0.1, 0.15) is 5.69 Å². The first-order valence-corrected chi connectivity index (χ1v) is 8.62. The van der Waals surface area contributed by atoms with Crippen molar-refractivity contribution in [2.45, 2.75) is 6.92 Å². The molecule has 0 aliphatic heterocycles. The zero-order chi connectivity index (χ0) is 19.7. The molecular weight excluding hydrogens is 391 g/mol. The number of anilines is 2. The Morgan fingerprint density at radius 2 is 1.59 bits per heavy atom. The predicted octanol–water partition coefficient (Wildman–Crippen LogP) is 3.27. The van der Waals surface area contributed by atoms with Gasteiger partial charge in [-0.1, -0.05) is 29.3 Å². The molecule has 0 unspecified atom stereocenters. The molecule has 140 valence electrons. The lowest BCUT2D eigenvalue weighted by molar-refractivity contribution is 0.101. The van der Waals surface area contributed by atoms with Gasteiger partial charge in [-0.3, -0.25) is 19.0 Å². The van der Waals surface area contributed by atoms with Crippen LogP contribution >= 0.6 is 23.2 Å². The summed E-state index contributed by atoms with van der Waals surface area (Å²) in [4.78, 5) is 25.3. The topological polar surface area (TPSA) is 93.8 Å². The van der Waals surface area contributed by atoms with E-state index in [1.165, 1.54) is 10.9 Å². The van der Waals surface area contributed by atoms with Gasteiger partial charge in [0.05, 0.1) is 45.1 Å². The molecule has 3 aromatic rings. The minimum atomic E-state index is -0.498. The molecule has 1 aromatic carbocycles. The van der Waals surface area contributed by atoms with E-state index in [1.807, 2.05) is 6.92 Å². The van der Waals surface area contributed by atoms with Crippen LogP contribution in [0, 0.1) is 6.92 Å². The van der Waals surface area contributed by atoms with Crippen LogP contribution in [0.2, 0.25) is 10.0 Å². The maximum absolute atomic E-state index is 12.7. The van der Waals surface area contributed by atoms with E-state index in [4.69, 9.17) is 23.2 Å². The van der Waals surface area contributed by atoms with Crippen LogP contribution in [0.25, 0.3) is 0 Å². The highest BCUT2D eigenvalue weighted by molar-refractivity contribution is 6.44. The van der Waals surface area contributed by atoms with Crippen LogP contribution in [-0.4, -0.2) is 31.4 Å². The van der Waals surface area contributed by atoms with Gasteiger partial charge in [0.2, 0.25) is 0 Å². The van der Waals surface area contributed by atoms with E-state index in [0.29, 0.717) is 5.69 Å². The molecule has 2 N–H and O–H groups in total. The van der Waals surface area contributed by atoms with Crippen molar-refractivity contribution in [2.75, 3.05) is 10.6 Å². The first kappa shape index (κ1) is 18.9. The van der Waals surface area contributed by atoms with Crippen molar-refractivity contribution < 1.29 is 9.59 Å². The van der Waals surface area contributed by atoms with Gasteiger partial charge in [-0.2, -0.15) is 10.2 Å². The fourth-order valence-corrected chi connectivity index (χ4v) is 2.86. The Morgan fingerprint density at radius 3 is 2.26 bits per heavy atom. The number of aryl methyl sites for hydroxylation is 2. The number of halogens is 2. The van der Waals surface area contributed by atoms with E-state index >= 15 is 0 Å². The van der Waals surface area contributed by atoms with Crippen molar-refractivity contribution in [2.24, 2.45) is 14.1 Å². The number of rotatable bonds is 4.